The molecule has 0 spiro atoms. The molecule has 3 heteroatoms. The minimum Gasteiger partial charge on any atom is -0.205 e. The molecule has 1 aromatic carbocycles. The standard InChI is InChI=1S/C20H27F2N/c1-2-3-4-5-6-7-15-8-10-16(11-9-15)17-12-19(21)18(14-23)20(22)13-17/h12-13,15-16H,2-11H2,1H3. The van der Waals surface area contributed by atoms with Crippen LogP contribution >= 0.6 is 0 Å². The van der Waals surface area contributed by atoms with Crippen molar-refractivity contribution < 1.29 is 8.78 Å². The van der Waals surface area contributed by atoms with Crippen molar-refractivity contribution in [3.8, 4) is 6.07 Å². The number of halogens is 2. The van der Waals surface area contributed by atoms with Crippen LogP contribution in [0.4, 0.5) is 8.78 Å². The van der Waals surface area contributed by atoms with Crippen molar-refractivity contribution in [2.24, 2.45) is 5.92 Å². The van der Waals surface area contributed by atoms with Gasteiger partial charge in [0.05, 0.1) is 0 Å². The number of benzene rings is 1. The molecule has 1 nitrogen and oxygen atoms in total. The number of nitriles is 1. The Labute approximate surface area is 138 Å². The van der Waals surface area contributed by atoms with Crippen LogP contribution in [0.25, 0.3) is 0 Å². The highest BCUT2D eigenvalue weighted by molar-refractivity contribution is 5.36. The molecule has 2 rings (SSSR count). The predicted molar refractivity (Wildman–Crippen MR) is 89.1 cm³/mol. The Kier molecular flexibility index (Phi) is 7.02. The van der Waals surface area contributed by atoms with E-state index in [-0.39, 0.29) is 5.92 Å². The van der Waals surface area contributed by atoms with Crippen LogP contribution in [-0.4, -0.2) is 0 Å². The summed E-state index contributed by atoms with van der Waals surface area (Å²) in [4.78, 5) is 0. The maximum Gasteiger partial charge on any atom is 0.144 e. The summed E-state index contributed by atoms with van der Waals surface area (Å²) in [6, 6.07) is 4.31. The van der Waals surface area contributed by atoms with Crippen LogP contribution in [0.1, 0.15) is 88.2 Å². The SMILES string of the molecule is CCCCCCCC1CCC(c2cc(F)c(C#N)c(F)c2)CC1. The van der Waals surface area contributed by atoms with E-state index in [1.807, 2.05) is 0 Å². The first-order valence-electron chi connectivity index (χ1n) is 9.04. The lowest BCUT2D eigenvalue weighted by Gasteiger charge is -2.29. The van der Waals surface area contributed by atoms with E-state index in [0.29, 0.717) is 0 Å². The average molecular weight is 319 g/mol. The van der Waals surface area contributed by atoms with E-state index in [1.54, 1.807) is 6.07 Å². The molecule has 0 radical (unpaired) electrons. The number of rotatable bonds is 7. The second-order valence-electron chi connectivity index (χ2n) is 6.89. The first-order valence-corrected chi connectivity index (χ1v) is 9.04. The summed E-state index contributed by atoms with van der Waals surface area (Å²) >= 11 is 0. The zero-order valence-corrected chi connectivity index (χ0v) is 14.1. The maximum absolute atomic E-state index is 13.7. The third-order valence-corrected chi connectivity index (χ3v) is 5.21. The van der Waals surface area contributed by atoms with Gasteiger partial charge < -0.3 is 0 Å². The van der Waals surface area contributed by atoms with Gasteiger partial charge >= 0.3 is 0 Å². The topological polar surface area (TPSA) is 23.8 Å². The van der Waals surface area contributed by atoms with Crippen molar-refractivity contribution in [2.75, 3.05) is 0 Å². The van der Waals surface area contributed by atoms with E-state index in [0.717, 1.165) is 37.2 Å². The molecule has 0 saturated heterocycles. The number of hydrogen-bond donors (Lipinski definition) is 0. The Hall–Kier alpha value is -1.43. The molecule has 0 bridgehead atoms. The molecular weight excluding hydrogens is 292 g/mol. The number of hydrogen-bond acceptors (Lipinski definition) is 1. The van der Waals surface area contributed by atoms with Crippen molar-refractivity contribution in [3.05, 3.63) is 34.9 Å². The molecule has 0 atom stereocenters. The van der Waals surface area contributed by atoms with Gasteiger partial charge in [-0.25, -0.2) is 8.78 Å². The molecule has 0 aliphatic heterocycles. The van der Waals surface area contributed by atoms with Crippen LogP contribution in [-0.2, 0) is 0 Å². The van der Waals surface area contributed by atoms with Gasteiger partial charge in [-0.2, -0.15) is 5.26 Å². The zero-order valence-electron chi connectivity index (χ0n) is 14.1. The van der Waals surface area contributed by atoms with Crippen LogP contribution < -0.4 is 0 Å². The molecular formula is C20H27F2N. The molecule has 126 valence electrons. The smallest absolute Gasteiger partial charge is 0.144 e. The lowest BCUT2D eigenvalue weighted by molar-refractivity contribution is 0.301. The van der Waals surface area contributed by atoms with Gasteiger partial charge in [0.1, 0.15) is 23.3 Å². The molecule has 0 heterocycles. The summed E-state index contributed by atoms with van der Waals surface area (Å²) in [5.41, 5.74) is 0.259. The molecule has 23 heavy (non-hydrogen) atoms. The molecule has 1 aromatic rings. The highest BCUT2D eigenvalue weighted by Crippen LogP contribution is 2.38. The molecule has 0 N–H and O–H groups in total. The van der Waals surface area contributed by atoms with Gasteiger partial charge in [-0.3, -0.25) is 0 Å². The largest absolute Gasteiger partial charge is 0.205 e. The van der Waals surface area contributed by atoms with Crippen molar-refractivity contribution >= 4 is 0 Å². The van der Waals surface area contributed by atoms with Crippen molar-refractivity contribution in [1.82, 2.24) is 0 Å². The molecule has 1 fully saturated rings. The quantitative estimate of drug-likeness (QED) is 0.528. The minimum atomic E-state index is -0.722. The minimum absolute atomic E-state index is 0.239. The second-order valence-corrected chi connectivity index (χ2v) is 6.89. The summed E-state index contributed by atoms with van der Waals surface area (Å²) < 4.78 is 27.5. The fraction of sp³-hybridized carbons (Fsp3) is 0.650. The number of nitrogens with zero attached hydrogens (tertiary/aromatic N) is 1. The van der Waals surface area contributed by atoms with E-state index in [2.05, 4.69) is 6.92 Å². The molecule has 1 aliphatic carbocycles. The van der Waals surface area contributed by atoms with Gasteiger partial charge in [0, 0.05) is 0 Å². The molecule has 1 aliphatic rings. The Morgan fingerprint density at radius 1 is 1.00 bits per heavy atom. The first-order chi connectivity index (χ1) is 11.2. The van der Waals surface area contributed by atoms with Gasteiger partial charge in [-0.15, -0.1) is 0 Å². The van der Waals surface area contributed by atoms with E-state index >= 15 is 0 Å². The molecule has 0 unspecified atom stereocenters. The highest BCUT2D eigenvalue weighted by Gasteiger charge is 2.24. The van der Waals surface area contributed by atoms with Crippen molar-refractivity contribution in [3.63, 3.8) is 0 Å². The lowest BCUT2D eigenvalue weighted by Crippen LogP contribution is -2.14. The summed E-state index contributed by atoms with van der Waals surface area (Å²) in [6.45, 7) is 2.23. The van der Waals surface area contributed by atoms with E-state index in [9.17, 15) is 8.78 Å². The number of unbranched alkanes of at least 4 members (excludes halogenated alkanes) is 4. The van der Waals surface area contributed by atoms with Crippen LogP contribution in [0.5, 0.6) is 0 Å². The summed E-state index contributed by atoms with van der Waals surface area (Å²) in [5.74, 6) is -0.426. The third kappa shape index (κ3) is 5.03. The lowest BCUT2D eigenvalue weighted by atomic mass is 9.77. The van der Waals surface area contributed by atoms with Gasteiger partial charge in [-0.05, 0) is 55.2 Å². The first kappa shape index (κ1) is 17.9. The van der Waals surface area contributed by atoms with E-state index in [4.69, 9.17) is 5.26 Å². The Morgan fingerprint density at radius 2 is 1.61 bits per heavy atom. The molecule has 0 aromatic heterocycles. The summed E-state index contributed by atoms with van der Waals surface area (Å²) in [7, 11) is 0. The Morgan fingerprint density at radius 3 is 2.17 bits per heavy atom. The second kappa shape index (κ2) is 9.01. The highest BCUT2D eigenvalue weighted by atomic mass is 19.1. The normalized spacial score (nSPS) is 21.1. The molecule has 1 saturated carbocycles. The van der Waals surface area contributed by atoms with Gasteiger partial charge in [-0.1, -0.05) is 45.4 Å². The Bertz CT molecular complexity index is 516. The van der Waals surface area contributed by atoms with E-state index in [1.165, 1.54) is 50.7 Å². The third-order valence-electron chi connectivity index (χ3n) is 5.21. The molecule has 0 amide bonds. The van der Waals surface area contributed by atoms with Gasteiger partial charge in [0.25, 0.3) is 0 Å². The van der Waals surface area contributed by atoms with Crippen LogP contribution in [0.15, 0.2) is 12.1 Å². The fourth-order valence-corrected chi connectivity index (χ4v) is 3.76. The summed E-state index contributed by atoms with van der Waals surface area (Å²) in [6.07, 6.45) is 12.2. The zero-order chi connectivity index (χ0) is 16.7. The van der Waals surface area contributed by atoms with Crippen molar-refractivity contribution in [1.29, 1.82) is 5.26 Å². The van der Waals surface area contributed by atoms with Crippen LogP contribution in [0.3, 0.4) is 0 Å². The maximum atomic E-state index is 13.7. The monoisotopic (exact) mass is 319 g/mol. The Balaban J connectivity index is 1.82. The fourth-order valence-electron chi connectivity index (χ4n) is 3.76. The van der Waals surface area contributed by atoms with E-state index < -0.39 is 17.2 Å². The van der Waals surface area contributed by atoms with Crippen LogP contribution in [0, 0.1) is 28.9 Å². The van der Waals surface area contributed by atoms with Gasteiger partial charge in [0.15, 0.2) is 0 Å². The summed E-state index contributed by atoms with van der Waals surface area (Å²) in [5, 5.41) is 8.74. The van der Waals surface area contributed by atoms with Crippen LogP contribution in [0.2, 0.25) is 0 Å². The predicted octanol–water partition coefficient (Wildman–Crippen LogP) is 6.47. The average Bonchev–Trinajstić information content (AvgIpc) is 2.55. The van der Waals surface area contributed by atoms with Crippen molar-refractivity contribution in [2.45, 2.75) is 77.0 Å². The van der Waals surface area contributed by atoms with Gasteiger partial charge in [0.2, 0.25) is 0 Å².